The lowest BCUT2D eigenvalue weighted by atomic mass is 9.74. The summed E-state index contributed by atoms with van der Waals surface area (Å²) in [7, 11) is 1.48. The number of hydrogen-bond donors (Lipinski definition) is 0. The van der Waals surface area contributed by atoms with Crippen molar-refractivity contribution in [3.63, 3.8) is 0 Å². The summed E-state index contributed by atoms with van der Waals surface area (Å²) in [6.07, 6.45) is 7.70. The minimum atomic E-state index is -0.0991. The molecule has 1 unspecified atom stereocenters. The highest BCUT2D eigenvalue weighted by Gasteiger charge is 2.40. The number of aryl methyl sites for hydroxylation is 1. The largest absolute Gasteiger partial charge is 0.469 e. The Morgan fingerprint density at radius 2 is 2.30 bits per heavy atom. The monoisotopic (exact) mass is 272 g/mol. The molecule has 108 valence electrons. The van der Waals surface area contributed by atoms with Crippen molar-refractivity contribution in [2.75, 3.05) is 7.11 Å². The minimum Gasteiger partial charge on any atom is -0.469 e. The van der Waals surface area contributed by atoms with Crippen molar-refractivity contribution in [2.45, 2.75) is 50.9 Å². The molecular weight excluding hydrogens is 248 g/mol. The third kappa shape index (κ3) is 2.79. The molecule has 1 aliphatic carbocycles. The standard InChI is InChI=1S/C18H24O2/c1-4-5-6-11-18(13-17(19)20-3)12-10-15-14(2)8-7-9-16(15)18/h4,7-9H,1,5-6,10-13H2,2-3H3. The van der Waals surface area contributed by atoms with Crippen molar-refractivity contribution < 1.29 is 9.53 Å². The highest BCUT2D eigenvalue weighted by Crippen LogP contribution is 2.46. The SMILES string of the molecule is C=CCCCC1(CC(=O)OC)CCc2c(C)cccc21. The van der Waals surface area contributed by atoms with Gasteiger partial charge in [-0.25, -0.2) is 0 Å². The van der Waals surface area contributed by atoms with Crippen LogP contribution in [0.4, 0.5) is 0 Å². The Bertz CT molecular complexity index is 504. The Hall–Kier alpha value is -1.57. The highest BCUT2D eigenvalue weighted by atomic mass is 16.5. The van der Waals surface area contributed by atoms with Gasteiger partial charge < -0.3 is 4.74 Å². The molecule has 2 heteroatoms. The van der Waals surface area contributed by atoms with E-state index in [0.29, 0.717) is 6.42 Å². The van der Waals surface area contributed by atoms with Gasteiger partial charge in [-0.15, -0.1) is 6.58 Å². The first-order chi connectivity index (χ1) is 9.63. The fraction of sp³-hybridized carbons (Fsp3) is 0.500. The number of carbonyl (C=O) groups excluding carboxylic acids is 1. The summed E-state index contributed by atoms with van der Waals surface area (Å²) < 4.78 is 4.93. The molecule has 0 saturated carbocycles. The topological polar surface area (TPSA) is 26.3 Å². The molecule has 0 spiro atoms. The number of hydrogen-bond acceptors (Lipinski definition) is 2. The van der Waals surface area contributed by atoms with Crippen LogP contribution in [-0.4, -0.2) is 13.1 Å². The molecule has 0 bridgehead atoms. The first-order valence-electron chi connectivity index (χ1n) is 7.39. The molecule has 0 amide bonds. The zero-order valence-corrected chi connectivity index (χ0v) is 12.6. The average molecular weight is 272 g/mol. The second-order valence-electron chi connectivity index (χ2n) is 5.82. The molecule has 1 aromatic carbocycles. The van der Waals surface area contributed by atoms with Gasteiger partial charge in [0.15, 0.2) is 0 Å². The van der Waals surface area contributed by atoms with Crippen LogP contribution in [0, 0.1) is 6.92 Å². The molecule has 1 aliphatic rings. The molecule has 0 aromatic heterocycles. The summed E-state index contributed by atoms with van der Waals surface area (Å²) in [5, 5.41) is 0. The lowest BCUT2D eigenvalue weighted by Gasteiger charge is -2.29. The van der Waals surface area contributed by atoms with Crippen LogP contribution >= 0.6 is 0 Å². The van der Waals surface area contributed by atoms with Crippen molar-refractivity contribution >= 4 is 5.97 Å². The zero-order valence-electron chi connectivity index (χ0n) is 12.6. The normalized spacial score (nSPS) is 20.5. The molecular formula is C18H24O2. The van der Waals surface area contributed by atoms with E-state index >= 15 is 0 Å². The van der Waals surface area contributed by atoms with Gasteiger partial charge in [0.05, 0.1) is 13.5 Å². The van der Waals surface area contributed by atoms with E-state index in [9.17, 15) is 4.79 Å². The molecule has 0 fully saturated rings. The Balaban J connectivity index is 2.32. The fourth-order valence-electron chi connectivity index (χ4n) is 3.49. The van der Waals surface area contributed by atoms with Crippen molar-refractivity contribution in [3.05, 3.63) is 47.5 Å². The lowest BCUT2D eigenvalue weighted by molar-refractivity contribution is -0.142. The van der Waals surface area contributed by atoms with E-state index in [1.807, 2.05) is 6.08 Å². The van der Waals surface area contributed by atoms with Crippen molar-refractivity contribution in [2.24, 2.45) is 0 Å². The second-order valence-corrected chi connectivity index (χ2v) is 5.82. The number of carbonyl (C=O) groups is 1. The van der Waals surface area contributed by atoms with Gasteiger partial charge in [0.2, 0.25) is 0 Å². The van der Waals surface area contributed by atoms with Crippen LogP contribution in [0.15, 0.2) is 30.9 Å². The van der Waals surface area contributed by atoms with E-state index < -0.39 is 0 Å². The molecule has 2 rings (SSSR count). The third-order valence-corrected chi connectivity index (χ3v) is 4.61. The molecule has 0 N–H and O–H groups in total. The van der Waals surface area contributed by atoms with Crippen molar-refractivity contribution in [3.8, 4) is 0 Å². The molecule has 20 heavy (non-hydrogen) atoms. The summed E-state index contributed by atoms with van der Waals surface area (Å²) in [5.74, 6) is -0.0991. The van der Waals surface area contributed by atoms with Gasteiger partial charge in [-0.05, 0) is 55.7 Å². The number of fused-ring (bicyclic) bond motifs is 1. The van der Waals surface area contributed by atoms with Gasteiger partial charge >= 0.3 is 5.97 Å². The van der Waals surface area contributed by atoms with Gasteiger partial charge in [-0.2, -0.15) is 0 Å². The van der Waals surface area contributed by atoms with Gasteiger partial charge in [0.1, 0.15) is 0 Å². The van der Waals surface area contributed by atoms with Crippen LogP contribution < -0.4 is 0 Å². The Morgan fingerprint density at radius 1 is 1.50 bits per heavy atom. The molecule has 0 aliphatic heterocycles. The number of esters is 1. The summed E-state index contributed by atoms with van der Waals surface area (Å²) in [5.41, 5.74) is 4.12. The van der Waals surface area contributed by atoms with E-state index in [4.69, 9.17) is 4.74 Å². The van der Waals surface area contributed by atoms with Crippen LogP contribution in [0.1, 0.15) is 48.8 Å². The summed E-state index contributed by atoms with van der Waals surface area (Å²) in [6.45, 7) is 5.95. The van der Waals surface area contributed by atoms with E-state index in [0.717, 1.165) is 32.1 Å². The number of methoxy groups -OCH3 is 1. The number of allylic oxidation sites excluding steroid dienone is 1. The lowest BCUT2D eigenvalue weighted by Crippen LogP contribution is -2.27. The number of rotatable bonds is 6. The molecule has 0 saturated heterocycles. The number of ether oxygens (including phenoxy) is 1. The second kappa shape index (κ2) is 6.25. The smallest absolute Gasteiger partial charge is 0.306 e. The van der Waals surface area contributed by atoms with E-state index in [1.165, 1.54) is 23.8 Å². The molecule has 1 aromatic rings. The maximum absolute atomic E-state index is 11.9. The van der Waals surface area contributed by atoms with Crippen molar-refractivity contribution in [1.29, 1.82) is 0 Å². The van der Waals surface area contributed by atoms with Crippen LogP contribution in [0.25, 0.3) is 0 Å². The fourth-order valence-corrected chi connectivity index (χ4v) is 3.49. The van der Waals surface area contributed by atoms with Gasteiger partial charge in [0.25, 0.3) is 0 Å². The predicted molar refractivity (Wildman–Crippen MR) is 81.9 cm³/mol. The van der Waals surface area contributed by atoms with Gasteiger partial charge in [-0.3, -0.25) is 4.79 Å². The predicted octanol–water partition coefficient (Wildman–Crippen LogP) is 4.10. The molecule has 2 nitrogen and oxygen atoms in total. The van der Waals surface area contributed by atoms with E-state index in [-0.39, 0.29) is 11.4 Å². The zero-order chi connectivity index (χ0) is 14.6. The Labute approximate surface area is 121 Å². The van der Waals surface area contributed by atoms with Crippen LogP contribution in [0.2, 0.25) is 0 Å². The Kier molecular flexibility index (Phi) is 4.64. The highest BCUT2D eigenvalue weighted by molar-refractivity contribution is 5.72. The summed E-state index contributed by atoms with van der Waals surface area (Å²) >= 11 is 0. The van der Waals surface area contributed by atoms with Crippen LogP contribution in [-0.2, 0) is 21.4 Å². The first-order valence-corrected chi connectivity index (χ1v) is 7.39. The molecule has 0 radical (unpaired) electrons. The number of unbranched alkanes of at least 4 members (excludes halogenated alkanes) is 1. The molecule has 1 atom stereocenters. The third-order valence-electron chi connectivity index (χ3n) is 4.61. The average Bonchev–Trinajstić information content (AvgIpc) is 2.80. The summed E-state index contributed by atoms with van der Waals surface area (Å²) in [6, 6.07) is 6.47. The Morgan fingerprint density at radius 3 is 3.00 bits per heavy atom. The first kappa shape index (κ1) is 14.8. The minimum absolute atomic E-state index is 0.0303. The van der Waals surface area contributed by atoms with E-state index in [2.05, 4.69) is 31.7 Å². The van der Waals surface area contributed by atoms with Crippen LogP contribution in [0.5, 0.6) is 0 Å². The molecule has 0 heterocycles. The van der Waals surface area contributed by atoms with Gasteiger partial charge in [-0.1, -0.05) is 24.3 Å². The quantitative estimate of drug-likeness (QED) is 0.443. The summed E-state index contributed by atoms with van der Waals surface area (Å²) in [4.78, 5) is 11.9. The maximum atomic E-state index is 11.9. The number of benzene rings is 1. The van der Waals surface area contributed by atoms with Crippen molar-refractivity contribution in [1.82, 2.24) is 0 Å². The van der Waals surface area contributed by atoms with Gasteiger partial charge in [0, 0.05) is 5.41 Å². The maximum Gasteiger partial charge on any atom is 0.306 e. The van der Waals surface area contributed by atoms with E-state index in [1.54, 1.807) is 0 Å². The van der Waals surface area contributed by atoms with Crippen LogP contribution in [0.3, 0.4) is 0 Å².